The zero-order chi connectivity index (χ0) is 38.7. The molecule has 0 bridgehead atoms. The van der Waals surface area contributed by atoms with Gasteiger partial charge in [-0.3, -0.25) is 24.0 Å². The van der Waals surface area contributed by atoms with Crippen molar-refractivity contribution in [2.24, 2.45) is 16.2 Å². The van der Waals surface area contributed by atoms with Gasteiger partial charge in [-0.05, 0) is 69.2 Å². The van der Waals surface area contributed by atoms with Gasteiger partial charge in [0.25, 0.3) is 0 Å². The van der Waals surface area contributed by atoms with E-state index in [4.69, 9.17) is 37.9 Å². The van der Waals surface area contributed by atoms with Gasteiger partial charge in [0.05, 0.1) is 16.2 Å². The number of ether oxygens (including phenoxy) is 8. The standard InChI is InChI=1S/C33H53NO16/c1-15(35)34-18-20(19(37)17(14-44-16(2)36)45-26(18)43-13)49-33(12)24(48-29(42)32(9,10)11)22(47-28(41)31(6,7)8)21(23(50-33)25(38)39)46-27(40)30(3,4)5/h17-24,26,37H,14H2,1-13H3,(H,34,35)(H,38,39)/t17-,18-,19-,20-,21+,22+,23+,24-,26+,33-/m1/s1. The maximum absolute atomic E-state index is 13.5. The first-order valence-corrected chi connectivity index (χ1v) is 16.1. The molecule has 17 heteroatoms. The van der Waals surface area contributed by atoms with Crippen LogP contribution in [0, 0.1) is 16.2 Å². The highest BCUT2D eigenvalue weighted by molar-refractivity contribution is 5.80. The second-order valence-corrected chi connectivity index (χ2v) is 15.6. The zero-order valence-corrected chi connectivity index (χ0v) is 31.0. The summed E-state index contributed by atoms with van der Waals surface area (Å²) in [5.41, 5.74) is -3.54. The van der Waals surface area contributed by atoms with Gasteiger partial charge in [0.15, 0.2) is 30.7 Å². The molecular weight excluding hydrogens is 666 g/mol. The maximum atomic E-state index is 13.5. The molecule has 0 aromatic heterocycles. The third-order valence-corrected chi connectivity index (χ3v) is 7.70. The first-order valence-electron chi connectivity index (χ1n) is 16.1. The molecule has 3 N–H and O–H groups in total. The average Bonchev–Trinajstić information content (AvgIpc) is 2.95. The number of carboxylic acids is 1. The van der Waals surface area contributed by atoms with E-state index in [0.717, 1.165) is 6.92 Å². The Morgan fingerprint density at radius 3 is 1.68 bits per heavy atom. The molecule has 2 aliphatic rings. The number of esters is 4. The van der Waals surface area contributed by atoms with E-state index >= 15 is 0 Å². The first kappa shape index (κ1) is 42.8. The van der Waals surface area contributed by atoms with Crippen molar-refractivity contribution in [2.75, 3.05) is 13.7 Å². The van der Waals surface area contributed by atoms with Gasteiger partial charge in [-0.1, -0.05) is 0 Å². The van der Waals surface area contributed by atoms with Crippen LogP contribution in [0.2, 0.25) is 0 Å². The van der Waals surface area contributed by atoms with Crippen LogP contribution < -0.4 is 5.32 Å². The van der Waals surface area contributed by atoms with Crippen molar-refractivity contribution >= 4 is 35.8 Å². The van der Waals surface area contributed by atoms with Gasteiger partial charge in [-0.25, -0.2) is 4.79 Å². The third-order valence-electron chi connectivity index (χ3n) is 7.70. The van der Waals surface area contributed by atoms with Gasteiger partial charge in [0.2, 0.25) is 11.7 Å². The molecule has 17 nitrogen and oxygen atoms in total. The number of hydrogen-bond acceptors (Lipinski definition) is 15. The van der Waals surface area contributed by atoms with Crippen LogP contribution in [0.25, 0.3) is 0 Å². The number of nitrogens with one attached hydrogen (secondary N) is 1. The molecule has 2 fully saturated rings. The molecular formula is C33H53NO16. The molecule has 0 aromatic carbocycles. The van der Waals surface area contributed by atoms with Crippen LogP contribution in [0.3, 0.4) is 0 Å². The molecule has 10 atom stereocenters. The minimum absolute atomic E-state index is 0.489. The Labute approximate surface area is 291 Å². The van der Waals surface area contributed by atoms with Crippen LogP contribution in [-0.4, -0.2) is 121 Å². The summed E-state index contributed by atoms with van der Waals surface area (Å²) in [6.45, 7) is 16.7. The van der Waals surface area contributed by atoms with Crippen LogP contribution in [0.15, 0.2) is 0 Å². The highest BCUT2D eigenvalue weighted by Gasteiger charge is 2.64. The summed E-state index contributed by atoms with van der Waals surface area (Å²) < 4.78 is 46.1. The summed E-state index contributed by atoms with van der Waals surface area (Å²) >= 11 is 0. The number of carboxylic acid groups (broad SMARTS) is 1. The monoisotopic (exact) mass is 719 g/mol. The molecule has 0 aromatic rings. The molecule has 0 spiro atoms. The van der Waals surface area contributed by atoms with E-state index < -0.39 is 119 Å². The first-order chi connectivity index (χ1) is 22.6. The van der Waals surface area contributed by atoms with Crippen molar-refractivity contribution in [2.45, 2.75) is 144 Å². The van der Waals surface area contributed by atoms with Crippen molar-refractivity contribution in [3.8, 4) is 0 Å². The maximum Gasteiger partial charge on any atom is 0.337 e. The molecule has 1 amide bonds. The van der Waals surface area contributed by atoms with Crippen LogP contribution in [0.4, 0.5) is 0 Å². The zero-order valence-electron chi connectivity index (χ0n) is 31.0. The van der Waals surface area contributed by atoms with Crippen LogP contribution in [0.5, 0.6) is 0 Å². The summed E-state index contributed by atoms with van der Waals surface area (Å²) in [6.07, 6.45) is -13.7. The Bertz CT molecular complexity index is 1280. The fourth-order valence-corrected chi connectivity index (χ4v) is 4.89. The Morgan fingerprint density at radius 1 is 0.780 bits per heavy atom. The second-order valence-electron chi connectivity index (χ2n) is 15.6. The number of rotatable bonds is 10. The summed E-state index contributed by atoms with van der Waals surface area (Å²) in [5, 5.41) is 24.5. The minimum Gasteiger partial charge on any atom is -0.479 e. The van der Waals surface area contributed by atoms with Gasteiger partial charge >= 0.3 is 29.8 Å². The molecule has 0 radical (unpaired) electrons. The predicted octanol–water partition coefficient (Wildman–Crippen LogP) is 1.24. The van der Waals surface area contributed by atoms with Gasteiger partial charge in [-0.15, -0.1) is 0 Å². The fourth-order valence-electron chi connectivity index (χ4n) is 4.89. The quantitative estimate of drug-likeness (QED) is 0.213. The number of amides is 1. The van der Waals surface area contributed by atoms with E-state index in [1.807, 2.05) is 0 Å². The van der Waals surface area contributed by atoms with E-state index in [9.17, 15) is 39.0 Å². The molecule has 2 saturated heterocycles. The van der Waals surface area contributed by atoms with Crippen LogP contribution >= 0.6 is 0 Å². The summed E-state index contributed by atoms with van der Waals surface area (Å²) in [4.78, 5) is 77.0. The molecule has 0 unspecified atom stereocenters. The van der Waals surface area contributed by atoms with E-state index in [-0.39, 0.29) is 0 Å². The van der Waals surface area contributed by atoms with Gasteiger partial charge < -0.3 is 53.4 Å². The molecule has 0 saturated carbocycles. The van der Waals surface area contributed by atoms with E-state index in [1.165, 1.54) is 83.3 Å². The Balaban J connectivity index is 2.88. The molecule has 50 heavy (non-hydrogen) atoms. The second kappa shape index (κ2) is 15.9. The van der Waals surface area contributed by atoms with Gasteiger partial charge in [-0.2, -0.15) is 0 Å². The SMILES string of the molecule is CO[C@H]1O[C@H](COC(C)=O)[C@@H](O)[C@H](O[C@]2(C)O[C@H](C(=O)O)[C@@H](OC(=O)C(C)(C)C)[C@H](OC(=O)C(C)(C)C)[C@H]2OC(=O)C(C)(C)C)[C@H]1NC(C)=O. The number of aliphatic carboxylic acids is 1. The van der Waals surface area contributed by atoms with Crippen molar-refractivity contribution in [3.63, 3.8) is 0 Å². The van der Waals surface area contributed by atoms with Gasteiger partial charge in [0.1, 0.15) is 31.0 Å². The summed E-state index contributed by atoms with van der Waals surface area (Å²) in [6, 6.07) is -1.32. The van der Waals surface area contributed by atoms with Crippen LogP contribution in [-0.2, 0) is 66.7 Å². The number of aliphatic hydroxyl groups excluding tert-OH is 1. The largest absolute Gasteiger partial charge is 0.479 e. The molecule has 0 aliphatic carbocycles. The number of aliphatic hydroxyl groups is 1. The highest BCUT2D eigenvalue weighted by atomic mass is 16.8. The van der Waals surface area contributed by atoms with Crippen molar-refractivity contribution in [3.05, 3.63) is 0 Å². The Kier molecular flexibility index (Phi) is 13.6. The van der Waals surface area contributed by atoms with Gasteiger partial charge in [0, 0.05) is 21.0 Å². The lowest BCUT2D eigenvalue weighted by molar-refractivity contribution is -0.384. The normalized spacial score (nSPS) is 31.9. The number of carbonyl (C=O) groups is 6. The highest BCUT2D eigenvalue weighted by Crippen LogP contribution is 2.41. The van der Waals surface area contributed by atoms with Crippen molar-refractivity contribution in [1.29, 1.82) is 0 Å². The predicted molar refractivity (Wildman–Crippen MR) is 170 cm³/mol. The summed E-state index contributed by atoms with van der Waals surface area (Å²) in [5.74, 6) is -8.05. The van der Waals surface area contributed by atoms with Crippen molar-refractivity contribution < 1.29 is 76.9 Å². The lowest BCUT2D eigenvalue weighted by Crippen LogP contribution is -2.73. The lowest BCUT2D eigenvalue weighted by atomic mass is 9.89. The molecule has 286 valence electrons. The minimum atomic E-state index is -2.43. The number of hydrogen-bond donors (Lipinski definition) is 3. The Morgan fingerprint density at radius 2 is 1.26 bits per heavy atom. The van der Waals surface area contributed by atoms with Crippen molar-refractivity contribution in [1.82, 2.24) is 5.32 Å². The summed E-state index contributed by atoms with van der Waals surface area (Å²) in [7, 11) is 1.24. The fraction of sp³-hybridized carbons (Fsp3) is 0.818. The Hall–Kier alpha value is -3.38. The lowest BCUT2D eigenvalue weighted by Gasteiger charge is -2.52. The molecule has 2 heterocycles. The van der Waals surface area contributed by atoms with E-state index in [2.05, 4.69) is 5.32 Å². The van der Waals surface area contributed by atoms with E-state index in [1.54, 1.807) is 0 Å². The topological polar surface area (TPSA) is 229 Å². The van der Waals surface area contributed by atoms with E-state index in [0.29, 0.717) is 0 Å². The third kappa shape index (κ3) is 10.6. The van der Waals surface area contributed by atoms with Crippen LogP contribution in [0.1, 0.15) is 83.1 Å². The number of carbonyl (C=O) groups excluding carboxylic acids is 5. The molecule has 2 rings (SSSR count). The smallest absolute Gasteiger partial charge is 0.337 e. The number of methoxy groups -OCH3 is 1. The average molecular weight is 720 g/mol. The molecule has 2 aliphatic heterocycles.